The van der Waals surface area contributed by atoms with Crippen LogP contribution in [0.15, 0.2) is 12.4 Å². The topological polar surface area (TPSA) is 76.0 Å². The highest BCUT2D eigenvalue weighted by Gasteiger charge is 2.43. The Bertz CT molecular complexity index is 620. The zero-order valence-electron chi connectivity index (χ0n) is 14.0. The third-order valence-electron chi connectivity index (χ3n) is 6.00. The van der Waals surface area contributed by atoms with Crippen molar-refractivity contribution >= 4 is 17.5 Å². The van der Waals surface area contributed by atoms with Crippen molar-refractivity contribution in [1.29, 1.82) is 0 Å². The highest BCUT2D eigenvalue weighted by Crippen LogP contribution is 2.48. The van der Waals surface area contributed by atoms with Gasteiger partial charge in [-0.1, -0.05) is 19.3 Å². The summed E-state index contributed by atoms with van der Waals surface area (Å²) >= 11 is 0. The molecule has 0 spiro atoms. The van der Waals surface area contributed by atoms with Gasteiger partial charge in [0.15, 0.2) is 0 Å². The van der Waals surface area contributed by atoms with Gasteiger partial charge in [0, 0.05) is 18.2 Å². The van der Waals surface area contributed by atoms with Crippen LogP contribution in [0, 0.1) is 17.8 Å². The Morgan fingerprint density at radius 2 is 2.00 bits per heavy atom. The second-order valence-electron chi connectivity index (χ2n) is 7.75. The second kappa shape index (κ2) is 6.57. The van der Waals surface area contributed by atoms with Crippen molar-refractivity contribution in [1.82, 2.24) is 15.1 Å². The van der Waals surface area contributed by atoms with Gasteiger partial charge >= 0.3 is 0 Å². The van der Waals surface area contributed by atoms with Crippen molar-refractivity contribution in [2.75, 3.05) is 5.32 Å². The average molecular weight is 330 g/mol. The van der Waals surface area contributed by atoms with Crippen molar-refractivity contribution in [2.45, 2.75) is 64.0 Å². The lowest BCUT2D eigenvalue weighted by molar-refractivity contribution is -0.122. The number of aromatic nitrogens is 2. The first-order valence-electron chi connectivity index (χ1n) is 9.30. The summed E-state index contributed by atoms with van der Waals surface area (Å²) in [6, 6.07) is 0.324. The zero-order valence-corrected chi connectivity index (χ0v) is 14.0. The molecule has 6 nitrogen and oxygen atoms in total. The minimum Gasteiger partial charge on any atom is -0.352 e. The van der Waals surface area contributed by atoms with Gasteiger partial charge in [-0.25, -0.2) is 0 Å². The fourth-order valence-electron chi connectivity index (χ4n) is 4.81. The Hall–Kier alpha value is -1.85. The van der Waals surface area contributed by atoms with E-state index >= 15 is 0 Å². The number of hydrogen-bond donors (Lipinski definition) is 2. The van der Waals surface area contributed by atoms with E-state index < -0.39 is 0 Å². The quantitative estimate of drug-likeness (QED) is 0.870. The Morgan fingerprint density at radius 1 is 1.17 bits per heavy atom. The molecule has 4 rings (SSSR count). The first-order valence-corrected chi connectivity index (χ1v) is 9.30. The van der Waals surface area contributed by atoms with Gasteiger partial charge in [0.1, 0.15) is 6.54 Å². The molecule has 2 N–H and O–H groups in total. The molecule has 6 heteroatoms. The number of nitrogens with zero attached hydrogens (tertiary/aromatic N) is 2. The Kier molecular flexibility index (Phi) is 4.29. The molecule has 3 fully saturated rings. The average Bonchev–Trinajstić information content (AvgIpc) is 3.31. The number of carbonyl (C=O) groups is 2. The highest BCUT2D eigenvalue weighted by atomic mass is 16.2. The van der Waals surface area contributed by atoms with Gasteiger partial charge in [0.2, 0.25) is 11.8 Å². The Labute approximate surface area is 142 Å². The maximum absolute atomic E-state index is 12.4. The smallest absolute Gasteiger partial charge is 0.241 e. The van der Waals surface area contributed by atoms with E-state index in [1.54, 1.807) is 17.1 Å². The summed E-state index contributed by atoms with van der Waals surface area (Å²) in [6.45, 7) is 0.209. The largest absolute Gasteiger partial charge is 0.352 e. The maximum Gasteiger partial charge on any atom is 0.241 e. The van der Waals surface area contributed by atoms with Crippen LogP contribution in [0.5, 0.6) is 0 Å². The van der Waals surface area contributed by atoms with Gasteiger partial charge in [-0.2, -0.15) is 5.10 Å². The lowest BCUT2D eigenvalue weighted by atomic mass is 9.88. The summed E-state index contributed by atoms with van der Waals surface area (Å²) < 4.78 is 1.60. The van der Waals surface area contributed by atoms with E-state index in [-0.39, 0.29) is 24.3 Å². The van der Waals surface area contributed by atoms with Crippen LogP contribution in [0.4, 0.5) is 5.69 Å². The summed E-state index contributed by atoms with van der Waals surface area (Å²) in [7, 11) is 0. The van der Waals surface area contributed by atoms with Gasteiger partial charge in [-0.15, -0.1) is 0 Å². The number of hydrogen-bond acceptors (Lipinski definition) is 3. The lowest BCUT2D eigenvalue weighted by Crippen LogP contribution is -2.35. The maximum atomic E-state index is 12.4. The first kappa shape index (κ1) is 15.7. The fraction of sp³-hybridized carbons (Fsp3) is 0.722. The summed E-state index contributed by atoms with van der Waals surface area (Å²) in [4.78, 5) is 24.5. The molecule has 3 saturated carbocycles. The van der Waals surface area contributed by atoms with Crippen molar-refractivity contribution in [2.24, 2.45) is 17.8 Å². The molecule has 2 amide bonds. The van der Waals surface area contributed by atoms with Crippen molar-refractivity contribution < 1.29 is 9.59 Å². The minimum absolute atomic E-state index is 0.00372. The van der Waals surface area contributed by atoms with Crippen LogP contribution in [0.25, 0.3) is 0 Å². The number of nitrogens with one attached hydrogen (secondary N) is 2. The van der Waals surface area contributed by atoms with Crippen LogP contribution in [0.2, 0.25) is 0 Å². The minimum atomic E-state index is -0.00372. The number of amides is 2. The van der Waals surface area contributed by atoms with Crippen LogP contribution >= 0.6 is 0 Å². The number of anilines is 1. The molecule has 0 radical (unpaired) electrons. The normalized spacial score (nSPS) is 29.1. The molecule has 3 atom stereocenters. The molecular weight excluding hydrogens is 304 g/mol. The number of carbonyl (C=O) groups excluding carboxylic acids is 2. The van der Waals surface area contributed by atoms with Crippen LogP contribution in [-0.4, -0.2) is 27.6 Å². The van der Waals surface area contributed by atoms with Crippen LogP contribution in [0.1, 0.15) is 51.4 Å². The molecule has 130 valence electrons. The van der Waals surface area contributed by atoms with E-state index in [0.717, 1.165) is 25.2 Å². The number of rotatable bonds is 5. The fourth-order valence-corrected chi connectivity index (χ4v) is 4.81. The highest BCUT2D eigenvalue weighted by molar-refractivity contribution is 5.92. The lowest BCUT2D eigenvalue weighted by Gasteiger charge is -2.20. The molecule has 3 aliphatic carbocycles. The summed E-state index contributed by atoms with van der Waals surface area (Å²) in [6.07, 6.45) is 12.7. The van der Waals surface area contributed by atoms with Crippen molar-refractivity contribution in [3.63, 3.8) is 0 Å². The van der Waals surface area contributed by atoms with E-state index in [4.69, 9.17) is 0 Å². The van der Waals surface area contributed by atoms with Crippen LogP contribution in [0.3, 0.4) is 0 Å². The monoisotopic (exact) mass is 330 g/mol. The van der Waals surface area contributed by atoms with E-state index in [1.165, 1.54) is 32.1 Å². The summed E-state index contributed by atoms with van der Waals surface area (Å²) in [5, 5.41) is 10.2. The molecule has 0 saturated heterocycles. The predicted molar refractivity (Wildman–Crippen MR) is 90.2 cm³/mol. The van der Waals surface area contributed by atoms with Gasteiger partial charge in [-0.3, -0.25) is 14.3 Å². The molecule has 0 aliphatic heterocycles. The SMILES string of the molecule is O=C(Cn1cc(NC(=O)[C@@H]2C[C@H]3CC[C@@H]2C3)cn1)NC1CCCC1. The molecule has 3 aliphatic rings. The molecule has 24 heavy (non-hydrogen) atoms. The van der Waals surface area contributed by atoms with Crippen molar-refractivity contribution in [3.05, 3.63) is 12.4 Å². The summed E-state index contributed by atoms with van der Waals surface area (Å²) in [5.74, 6) is 1.61. The second-order valence-corrected chi connectivity index (χ2v) is 7.75. The van der Waals surface area contributed by atoms with E-state index in [2.05, 4.69) is 15.7 Å². The van der Waals surface area contributed by atoms with Crippen molar-refractivity contribution in [3.8, 4) is 0 Å². The molecule has 1 aromatic rings. The molecule has 0 aromatic carbocycles. The number of fused-ring (bicyclic) bond motifs is 2. The molecular formula is C18H26N4O2. The van der Waals surface area contributed by atoms with Crippen LogP contribution in [-0.2, 0) is 16.1 Å². The third kappa shape index (κ3) is 3.32. The van der Waals surface area contributed by atoms with E-state index in [1.807, 2.05) is 0 Å². The Morgan fingerprint density at radius 3 is 2.71 bits per heavy atom. The molecule has 1 aromatic heterocycles. The predicted octanol–water partition coefficient (Wildman–Crippen LogP) is 2.32. The zero-order chi connectivity index (χ0) is 16.5. The van der Waals surface area contributed by atoms with E-state index in [0.29, 0.717) is 17.6 Å². The molecule has 1 heterocycles. The molecule has 2 bridgehead atoms. The van der Waals surface area contributed by atoms with E-state index in [9.17, 15) is 9.59 Å². The Balaban J connectivity index is 1.28. The standard InChI is InChI=1S/C18H26N4O2/c23-17(20-14-3-1-2-4-14)11-22-10-15(9-19-22)21-18(24)16-8-12-5-6-13(16)7-12/h9-10,12-14,16H,1-8,11H2,(H,20,23)(H,21,24)/t12-,13+,16+/m0/s1. The van der Waals surface area contributed by atoms with Gasteiger partial charge < -0.3 is 10.6 Å². The van der Waals surface area contributed by atoms with Gasteiger partial charge in [0.25, 0.3) is 0 Å². The third-order valence-corrected chi connectivity index (χ3v) is 6.00. The summed E-state index contributed by atoms with van der Waals surface area (Å²) in [5.41, 5.74) is 0.691. The van der Waals surface area contributed by atoms with Crippen LogP contribution < -0.4 is 10.6 Å². The van der Waals surface area contributed by atoms with Gasteiger partial charge in [0.05, 0.1) is 11.9 Å². The van der Waals surface area contributed by atoms with Gasteiger partial charge in [-0.05, 0) is 43.9 Å². The first-order chi connectivity index (χ1) is 11.7. The molecule has 0 unspecified atom stereocenters.